The first-order valence-corrected chi connectivity index (χ1v) is 8.24. The van der Waals surface area contributed by atoms with Crippen molar-refractivity contribution in [3.8, 4) is 0 Å². The second-order valence-corrected chi connectivity index (χ2v) is 6.89. The predicted octanol–water partition coefficient (Wildman–Crippen LogP) is 1.72. The molecule has 1 atom stereocenters. The number of likely N-dealkylation sites (tertiary alicyclic amines) is 1. The van der Waals surface area contributed by atoms with Crippen LogP contribution in [0.15, 0.2) is 18.2 Å². The largest absolute Gasteiger partial charge is 0.308 e. The number of pyridine rings is 1. The van der Waals surface area contributed by atoms with E-state index < -0.39 is 0 Å². The molecule has 0 amide bonds. The van der Waals surface area contributed by atoms with E-state index in [0.29, 0.717) is 0 Å². The molecule has 21 heavy (non-hydrogen) atoms. The summed E-state index contributed by atoms with van der Waals surface area (Å²) in [5, 5.41) is 3.54. The van der Waals surface area contributed by atoms with Crippen molar-refractivity contribution in [3.05, 3.63) is 29.6 Å². The van der Waals surface area contributed by atoms with Gasteiger partial charge < -0.3 is 15.1 Å². The van der Waals surface area contributed by atoms with Crippen molar-refractivity contribution >= 4 is 0 Å². The lowest BCUT2D eigenvalue weighted by Gasteiger charge is -2.20. The average molecular weight is 288 g/mol. The lowest BCUT2D eigenvalue weighted by atomic mass is 10.1. The lowest BCUT2D eigenvalue weighted by molar-refractivity contribution is 0.264. The van der Waals surface area contributed by atoms with E-state index in [1.807, 2.05) is 0 Å². The molecule has 4 heteroatoms. The zero-order valence-corrected chi connectivity index (χ0v) is 13.4. The molecule has 2 aliphatic rings. The molecule has 1 saturated carbocycles. The molecule has 0 bridgehead atoms. The first kappa shape index (κ1) is 14.9. The molecule has 3 rings (SSSR count). The molecule has 2 fully saturated rings. The molecule has 0 radical (unpaired) electrons. The van der Waals surface area contributed by atoms with Crippen LogP contribution in [-0.2, 0) is 13.1 Å². The Labute approximate surface area is 128 Å². The van der Waals surface area contributed by atoms with Crippen molar-refractivity contribution in [1.29, 1.82) is 0 Å². The molecule has 1 unspecified atom stereocenters. The summed E-state index contributed by atoms with van der Waals surface area (Å²) in [6.07, 6.45) is 4.00. The lowest BCUT2D eigenvalue weighted by Crippen LogP contribution is -2.27. The van der Waals surface area contributed by atoms with Gasteiger partial charge in [0, 0.05) is 32.2 Å². The molecule has 4 nitrogen and oxygen atoms in total. The topological polar surface area (TPSA) is 31.4 Å². The van der Waals surface area contributed by atoms with Gasteiger partial charge in [0.25, 0.3) is 0 Å². The van der Waals surface area contributed by atoms with Gasteiger partial charge in [-0.1, -0.05) is 6.07 Å². The summed E-state index contributed by atoms with van der Waals surface area (Å²) in [5.74, 6) is 0.819. The van der Waals surface area contributed by atoms with Gasteiger partial charge in [0.2, 0.25) is 0 Å². The smallest absolute Gasteiger partial charge is 0.0547 e. The highest BCUT2D eigenvalue weighted by atomic mass is 15.2. The molecule has 1 aromatic rings. The van der Waals surface area contributed by atoms with Crippen LogP contribution in [0.5, 0.6) is 0 Å². The molecule has 1 N–H and O–H groups in total. The molecule has 2 heterocycles. The number of nitrogens with zero attached hydrogens (tertiary/aromatic N) is 3. The predicted molar refractivity (Wildman–Crippen MR) is 86.0 cm³/mol. The number of aromatic nitrogens is 1. The second kappa shape index (κ2) is 6.86. The van der Waals surface area contributed by atoms with Crippen LogP contribution >= 0.6 is 0 Å². The first-order chi connectivity index (χ1) is 10.2. The van der Waals surface area contributed by atoms with E-state index in [1.165, 1.54) is 50.3 Å². The molecule has 1 saturated heterocycles. The molecule has 1 aromatic heterocycles. The number of nitrogens with one attached hydrogen (secondary N) is 1. The van der Waals surface area contributed by atoms with Gasteiger partial charge in [-0.25, -0.2) is 0 Å². The van der Waals surface area contributed by atoms with E-state index in [0.717, 1.165) is 25.0 Å². The summed E-state index contributed by atoms with van der Waals surface area (Å²) in [7, 11) is 4.44. The van der Waals surface area contributed by atoms with Crippen LogP contribution in [0.1, 0.15) is 30.7 Å². The minimum absolute atomic E-state index is 0.748. The Kier molecular flexibility index (Phi) is 4.88. The van der Waals surface area contributed by atoms with Gasteiger partial charge in [0.1, 0.15) is 0 Å². The Morgan fingerprint density at radius 1 is 1.29 bits per heavy atom. The third-order valence-corrected chi connectivity index (χ3v) is 4.50. The zero-order chi connectivity index (χ0) is 14.7. The van der Waals surface area contributed by atoms with Gasteiger partial charge in [-0.15, -0.1) is 0 Å². The first-order valence-electron chi connectivity index (χ1n) is 8.24. The maximum Gasteiger partial charge on any atom is 0.0547 e. The third kappa shape index (κ3) is 4.77. The molecule has 116 valence electrons. The van der Waals surface area contributed by atoms with Gasteiger partial charge in [-0.05, 0) is 58.0 Å². The minimum atomic E-state index is 0.748. The van der Waals surface area contributed by atoms with Crippen molar-refractivity contribution in [2.75, 3.05) is 33.7 Å². The van der Waals surface area contributed by atoms with Crippen molar-refractivity contribution in [3.63, 3.8) is 0 Å². The van der Waals surface area contributed by atoms with Crippen molar-refractivity contribution in [2.45, 2.75) is 38.4 Å². The maximum atomic E-state index is 4.79. The summed E-state index contributed by atoms with van der Waals surface area (Å²) in [4.78, 5) is 9.64. The van der Waals surface area contributed by atoms with Crippen LogP contribution in [0.25, 0.3) is 0 Å². The molecule has 0 spiro atoms. The van der Waals surface area contributed by atoms with E-state index in [-0.39, 0.29) is 0 Å². The van der Waals surface area contributed by atoms with Crippen LogP contribution < -0.4 is 5.32 Å². The highest BCUT2D eigenvalue weighted by Crippen LogP contribution is 2.19. The van der Waals surface area contributed by atoms with Crippen LogP contribution in [0, 0.1) is 5.92 Å². The Bertz CT molecular complexity index is 458. The molecular weight excluding hydrogens is 260 g/mol. The fraction of sp³-hybridized carbons (Fsp3) is 0.706. The highest BCUT2D eigenvalue weighted by Gasteiger charge is 2.21. The summed E-state index contributed by atoms with van der Waals surface area (Å²) in [6, 6.07) is 7.17. The highest BCUT2D eigenvalue weighted by molar-refractivity contribution is 5.11. The number of rotatable bonds is 7. The Balaban J connectivity index is 1.47. The number of hydrogen-bond acceptors (Lipinski definition) is 4. The molecule has 1 aliphatic carbocycles. The Hall–Kier alpha value is -0.970. The summed E-state index contributed by atoms with van der Waals surface area (Å²) in [6.45, 7) is 5.53. The average Bonchev–Trinajstić information content (AvgIpc) is 3.20. The van der Waals surface area contributed by atoms with Gasteiger partial charge in [0.15, 0.2) is 0 Å². The Morgan fingerprint density at radius 3 is 2.81 bits per heavy atom. The maximum absolute atomic E-state index is 4.79. The third-order valence-electron chi connectivity index (χ3n) is 4.50. The quantitative estimate of drug-likeness (QED) is 0.828. The van der Waals surface area contributed by atoms with Gasteiger partial charge in [0.05, 0.1) is 11.4 Å². The summed E-state index contributed by atoms with van der Waals surface area (Å²) >= 11 is 0. The SMILES string of the molecule is CN1CCC(CN(C)Cc2cccc(CNC3CC3)n2)C1. The van der Waals surface area contributed by atoms with E-state index >= 15 is 0 Å². The van der Waals surface area contributed by atoms with Crippen LogP contribution in [0.2, 0.25) is 0 Å². The van der Waals surface area contributed by atoms with Gasteiger partial charge >= 0.3 is 0 Å². The van der Waals surface area contributed by atoms with E-state index in [4.69, 9.17) is 4.98 Å². The van der Waals surface area contributed by atoms with Crippen molar-refractivity contribution < 1.29 is 0 Å². The number of hydrogen-bond donors (Lipinski definition) is 1. The van der Waals surface area contributed by atoms with Crippen molar-refractivity contribution in [2.24, 2.45) is 5.92 Å². The standard InChI is InChI=1S/C17H28N4/c1-20-9-8-14(11-20)12-21(2)13-17-5-3-4-16(19-17)10-18-15-6-7-15/h3-5,14-15,18H,6-13H2,1-2H3. The summed E-state index contributed by atoms with van der Waals surface area (Å²) < 4.78 is 0. The molecule has 1 aliphatic heterocycles. The van der Waals surface area contributed by atoms with Crippen LogP contribution in [-0.4, -0.2) is 54.6 Å². The van der Waals surface area contributed by atoms with E-state index in [1.54, 1.807) is 0 Å². The second-order valence-electron chi connectivity index (χ2n) is 6.89. The van der Waals surface area contributed by atoms with Crippen molar-refractivity contribution in [1.82, 2.24) is 20.1 Å². The Morgan fingerprint density at radius 2 is 2.10 bits per heavy atom. The van der Waals surface area contributed by atoms with Crippen LogP contribution in [0.4, 0.5) is 0 Å². The fourth-order valence-corrected chi connectivity index (χ4v) is 3.21. The van der Waals surface area contributed by atoms with E-state index in [9.17, 15) is 0 Å². The van der Waals surface area contributed by atoms with Gasteiger partial charge in [-0.2, -0.15) is 0 Å². The van der Waals surface area contributed by atoms with E-state index in [2.05, 4.69) is 47.4 Å². The normalized spacial score (nSPS) is 23.1. The summed E-state index contributed by atoms with van der Waals surface area (Å²) in [5.41, 5.74) is 2.37. The fourth-order valence-electron chi connectivity index (χ4n) is 3.21. The zero-order valence-electron chi connectivity index (χ0n) is 13.4. The molecule has 0 aromatic carbocycles. The molecular formula is C17H28N4. The van der Waals surface area contributed by atoms with Gasteiger partial charge in [-0.3, -0.25) is 4.98 Å². The monoisotopic (exact) mass is 288 g/mol. The minimum Gasteiger partial charge on any atom is -0.308 e. The van der Waals surface area contributed by atoms with Crippen LogP contribution in [0.3, 0.4) is 0 Å².